The second kappa shape index (κ2) is 8.82. The lowest BCUT2D eigenvalue weighted by Gasteiger charge is -2.19. The number of carbonyl (C=O) groups is 2. The summed E-state index contributed by atoms with van der Waals surface area (Å²) >= 11 is 0. The maximum absolute atomic E-state index is 13.7. The van der Waals surface area contributed by atoms with E-state index in [1.165, 1.54) is 4.90 Å². The van der Waals surface area contributed by atoms with E-state index < -0.39 is 5.91 Å². The summed E-state index contributed by atoms with van der Waals surface area (Å²) in [5.74, 6) is -0.0999. The van der Waals surface area contributed by atoms with Crippen LogP contribution >= 0.6 is 0 Å². The summed E-state index contributed by atoms with van der Waals surface area (Å²) in [7, 11) is 5.42. The molecular weight excluding hydrogens is 414 g/mol. The highest BCUT2D eigenvalue weighted by Gasteiger charge is 2.40. The molecule has 0 radical (unpaired) electrons. The number of anilines is 3. The van der Waals surface area contributed by atoms with Gasteiger partial charge >= 0.3 is 0 Å². The van der Waals surface area contributed by atoms with E-state index in [1.54, 1.807) is 19.2 Å². The van der Waals surface area contributed by atoms with Crippen LogP contribution in [0, 0.1) is 13.8 Å². The lowest BCUT2D eigenvalue weighted by Crippen LogP contribution is -2.32. The Balaban J connectivity index is 1.84. The molecule has 0 aromatic heterocycles. The minimum atomic E-state index is -0.396. The van der Waals surface area contributed by atoms with Crippen LogP contribution in [0.4, 0.5) is 17.1 Å². The van der Waals surface area contributed by atoms with Gasteiger partial charge in [0.2, 0.25) is 0 Å². The van der Waals surface area contributed by atoms with Crippen LogP contribution in [0.15, 0.2) is 72.4 Å². The Labute approximate surface area is 194 Å². The monoisotopic (exact) mass is 441 g/mol. The molecular formula is C27H27N3O3. The molecule has 0 saturated carbocycles. The van der Waals surface area contributed by atoms with Crippen molar-refractivity contribution in [3.05, 3.63) is 89.1 Å². The van der Waals surface area contributed by atoms with Gasteiger partial charge in [0.05, 0.1) is 18.4 Å². The number of aryl methyl sites for hydroxylation is 2. The number of hydrogen-bond donors (Lipinski definition) is 1. The fraction of sp³-hybridized carbons (Fsp3) is 0.185. The number of hydrogen-bond acceptors (Lipinski definition) is 5. The Kier molecular flexibility index (Phi) is 5.92. The Hall–Kier alpha value is -4.06. The zero-order chi connectivity index (χ0) is 23.7. The average molecular weight is 442 g/mol. The molecule has 1 aliphatic heterocycles. The maximum Gasteiger partial charge on any atom is 0.282 e. The highest BCUT2D eigenvalue weighted by atomic mass is 16.5. The van der Waals surface area contributed by atoms with Crippen LogP contribution in [0.1, 0.15) is 16.7 Å². The molecule has 0 spiro atoms. The first-order chi connectivity index (χ1) is 15.8. The molecule has 0 fully saturated rings. The molecule has 3 aromatic rings. The van der Waals surface area contributed by atoms with Crippen LogP contribution in [0.25, 0.3) is 5.57 Å². The van der Waals surface area contributed by atoms with Crippen molar-refractivity contribution in [2.24, 2.45) is 0 Å². The second-order valence-corrected chi connectivity index (χ2v) is 8.27. The summed E-state index contributed by atoms with van der Waals surface area (Å²) < 4.78 is 5.31. The van der Waals surface area contributed by atoms with Crippen molar-refractivity contribution in [2.45, 2.75) is 13.8 Å². The normalized spacial score (nSPS) is 13.5. The molecule has 6 nitrogen and oxygen atoms in total. The van der Waals surface area contributed by atoms with Gasteiger partial charge in [-0.05, 0) is 60.9 Å². The lowest BCUT2D eigenvalue weighted by molar-refractivity contribution is -0.120. The van der Waals surface area contributed by atoms with Gasteiger partial charge in [-0.2, -0.15) is 0 Å². The molecule has 3 aromatic carbocycles. The van der Waals surface area contributed by atoms with Gasteiger partial charge in [-0.1, -0.05) is 30.3 Å². The SMILES string of the molecule is COc1cccc(NC2=C(c3ccc(C)c(C)c3)C(=O)N(c3cccc(N(C)C)c3)C2=O)c1. The quantitative estimate of drug-likeness (QED) is 0.558. The van der Waals surface area contributed by atoms with Gasteiger partial charge in [0.15, 0.2) is 0 Å². The molecule has 0 aliphatic carbocycles. The van der Waals surface area contributed by atoms with Crippen LogP contribution in [0.5, 0.6) is 5.75 Å². The van der Waals surface area contributed by atoms with E-state index in [9.17, 15) is 9.59 Å². The molecule has 0 bridgehead atoms. The van der Waals surface area contributed by atoms with E-state index in [1.807, 2.05) is 87.4 Å². The van der Waals surface area contributed by atoms with Gasteiger partial charge in [-0.15, -0.1) is 0 Å². The van der Waals surface area contributed by atoms with E-state index in [2.05, 4.69) is 5.32 Å². The molecule has 0 atom stereocenters. The topological polar surface area (TPSA) is 61.9 Å². The molecule has 1 N–H and O–H groups in total. The van der Waals surface area contributed by atoms with Gasteiger partial charge in [0.25, 0.3) is 11.8 Å². The van der Waals surface area contributed by atoms with E-state index in [0.29, 0.717) is 28.3 Å². The zero-order valence-corrected chi connectivity index (χ0v) is 19.5. The van der Waals surface area contributed by atoms with Crippen LogP contribution in [0.3, 0.4) is 0 Å². The van der Waals surface area contributed by atoms with Gasteiger partial charge in [0, 0.05) is 31.5 Å². The molecule has 6 heteroatoms. The number of nitrogens with one attached hydrogen (secondary N) is 1. The highest BCUT2D eigenvalue weighted by molar-refractivity contribution is 6.46. The first kappa shape index (κ1) is 22.1. The lowest BCUT2D eigenvalue weighted by atomic mass is 9.99. The van der Waals surface area contributed by atoms with Gasteiger partial charge in [0.1, 0.15) is 11.4 Å². The number of methoxy groups -OCH3 is 1. The van der Waals surface area contributed by atoms with E-state index in [-0.39, 0.29) is 11.6 Å². The average Bonchev–Trinajstić information content (AvgIpc) is 3.05. The van der Waals surface area contributed by atoms with Crippen LogP contribution in [-0.2, 0) is 9.59 Å². The molecule has 4 rings (SSSR count). The second-order valence-electron chi connectivity index (χ2n) is 8.27. The van der Waals surface area contributed by atoms with Gasteiger partial charge in [-0.3, -0.25) is 9.59 Å². The summed E-state index contributed by atoms with van der Waals surface area (Å²) in [6.07, 6.45) is 0. The largest absolute Gasteiger partial charge is 0.497 e. The molecule has 33 heavy (non-hydrogen) atoms. The minimum absolute atomic E-state index is 0.242. The summed E-state index contributed by atoms with van der Waals surface area (Å²) in [5.41, 5.74) is 5.55. The Bertz CT molecular complexity index is 1280. The first-order valence-corrected chi connectivity index (χ1v) is 10.7. The Morgan fingerprint density at radius 3 is 2.30 bits per heavy atom. The van der Waals surface area contributed by atoms with E-state index in [4.69, 9.17) is 4.74 Å². The third-order valence-corrected chi connectivity index (χ3v) is 5.82. The van der Waals surface area contributed by atoms with Crippen molar-refractivity contribution in [3.63, 3.8) is 0 Å². The predicted octanol–water partition coefficient (Wildman–Crippen LogP) is 4.77. The maximum atomic E-state index is 13.7. The van der Waals surface area contributed by atoms with Crippen LogP contribution < -0.4 is 19.9 Å². The molecule has 0 unspecified atom stereocenters. The standard InChI is InChI=1S/C27H27N3O3/c1-17-12-13-19(14-18(17)2)24-25(28-20-8-6-11-23(15-20)33-5)27(32)30(26(24)31)22-10-7-9-21(16-22)29(3)4/h6-16,28H,1-5H3. The smallest absolute Gasteiger partial charge is 0.282 e. The molecule has 168 valence electrons. The summed E-state index contributed by atoms with van der Waals surface area (Å²) in [5, 5.41) is 3.19. The molecule has 2 amide bonds. The van der Waals surface area contributed by atoms with Crippen molar-refractivity contribution < 1.29 is 14.3 Å². The number of ether oxygens (including phenoxy) is 1. The first-order valence-electron chi connectivity index (χ1n) is 10.7. The van der Waals surface area contributed by atoms with Crippen LogP contribution in [-0.4, -0.2) is 33.0 Å². The summed E-state index contributed by atoms with van der Waals surface area (Å²) in [6.45, 7) is 4.01. The summed E-state index contributed by atoms with van der Waals surface area (Å²) in [4.78, 5) is 30.5. The van der Waals surface area contributed by atoms with Crippen molar-refractivity contribution in [1.82, 2.24) is 0 Å². The zero-order valence-electron chi connectivity index (χ0n) is 19.5. The molecule has 1 aliphatic rings. The molecule has 0 saturated heterocycles. The van der Waals surface area contributed by atoms with Gasteiger partial charge < -0.3 is 15.0 Å². The Morgan fingerprint density at radius 1 is 0.848 bits per heavy atom. The highest BCUT2D eigenvalue weighted by Crippen LogP contribution is 2.35. The van der Waals surface area contributed by atoms with E-state index >= 15 is 0 Å². The number of nitrogens with zero attached hydrogens (tertiary/aromatic N) is 2. The fourth-order valence-electron chi connectivity index (χ4n) is 3.80. The minimum Gasteiger partial charge on any atom is -0.497 e. The predicted molar refractivity (Wildman–Crippen MR) is 133 cm³/mol. The fourth-order valence-corrected chi connectivity index (χ4v) is 3.80. The number of carbonyl (C=O) groups excluding carboxylic acids is 2. The number of imide groups is 1. The van der Waals surface area contributed by atoms with E-state index in [0.717, 1.165) is 16.8 Å². The van der Waals surface area contributed by atoms with Crippen LogP contribution in [0.2, 0.25) is 0 Å². The van der Waals surface area contributed by atoms with Crippen molar-refractivity contribution in [3.8, 4) is 5.75 Å². The number of amides is 2. The Morgan fingerprint density at radius 2 is 1.61 bits per heavy atom. The third-order valence-electron chi connectivity index (χ3n) is 5.82. The summed E-state index contributed by atoms with van der Waals surface area (Å²) in [6, 6.07) is 20.5. The number of benzene rings is 3. The van der Waals surface area contributed by atoms with Gasteiger partial charge in [-0.25, -0.2) is 4.90 Å². The molecule has 1 heterocycles. The number of rotatable bonds is 6. The van der Waals surface area contributed by atoms with Crippen molar-refractivity contribution in [2.75, 3.05) is 36.3 Å². The third kappa shape index (κ3) is 4.20. The van der Waals surface area contributed by atoms with Crippen molar-refractivity contribution >= 4 is 34.4 Å². The van der Waals surface area contributed by atoms with Crippen molar-refractivity contribution in [1.29, 1.82) is 0 Å².